The third-order valence-electron chi connectivity index (χ3n) is 5.71. The molecule has 0 spiro atoms. The van der Waals surface area contributed by atoms with Crippen LogP contribution in [0, 0.1) is 6.92 Å². The molecule has 1 aromatic heterocycles. The van der Waals surface area contributed by atoms with Gasteiger partial charge in [-0.25, -0.2) is 4.98 Å². The number of aryl methyl sites for hydroxylation is 3. The summed E-state index contributed by atoms with van der Waals surface area (Å²) < 4.78 is 5.44. The molecule has 7 nitrogen and oxygen atoms in total. The van der Waals surface area contributed by atoms with Gasteiger partial charge in [-0.05, 0) is 66.9 Å². The molecule has 8 heteroatoms. The summed E-state index contributed by atoms with van der Waals surface area (Å²) in [5, 5.41) is 3.36. The molecule has 2 heterocycles. The van der Waals surface area contributed by atoms with Gasteiger partial charge in [-0.1, -0.05) is 29.8 Å². The molecule has 0 bridgehead atoms. The molecular formula is C26H23ClN4O3. The molecule has 0 radical (unpaired) electrons. The van der Waals surface area contributed by atoms with Gasteiger partial charge in [0.15, 0.2) is 6.61 Å². The Morgan fingerprint density at radius 1 is 1.15 bits per heavy atom. The Hall–Kier alpha value is -3.84. The lowest BCUT2D eigenvalue weighted by Gasteiger charge is -2.29. The lowest BCUT2D eigenvalue weighted by atomic mass is 10.1. The van der Waals surface area contributed by atoms with E-state index in [1.807, 2.05) is 30.3 Å². The summed E-state index contributed by atoms with van der Waals surface area (Å²) in [6, 6.07) is 18.9. The first-order valence-electron chi connectivity index (χ1n) is 11.0. The molecule has 34 heavy (non-hydrogen) atoms. The van der Waals surface area contributed by atoms with Gasteiger partial charge in [0.2, 0.25) is 5.91 Å². The molecular weight excluding hydrogens is 452 g/mol. The normalized spacial score (nSPS) is 13.0. The fourth-order valence-electron chi connectivity index (χ4n) is 4.05. The minimum Gasteiger partial charge on any atom is -0.482 e. The Morgan fingerprint density at radius 3 is 2.91 bits per heavy atom. The van der Waals surface area contributed by atoms with Crippen molar-refractivity contribution in [1.82, 2.24) is 9.97 Å². The number of carbonyl (C=O) groups is 2. The van der Waals surface area contributed by atoms with E-state index in [2.05, 4.69) is 34.3 Å². The zero-order valence-electron chi connectivity index (χ0n) is 18.6. The number of nitrogens with one attached hydrogen (secondary N) is 2. The minimum atomic E-state index is -0.300. The first-order valence-corrected chi connectivity index (χ1v) is 11.4. The highest BCUT2D eigenvalue weighted by molar-refractivity contribution is 6.31. The summed E-state index contributed by atoms with van der Waals surface area (Å²) in [5.74, 6) is 0.864. The van der Waals surface area contributed by atoms with Crippen molar-refractivity contribution in [3.63, 3.8) is 0 Å². The summed E-state index contributed by atoms with van der Waals surface area (Å²) in [6.45, 7) is 1.82. The van der Waals surface area contributed by atoms with Crippen LogP contribution in [-0.2, 0) is 22.4 Å². The van der Waals surface area contributed by atoms with Crippen LogP contribution >= 0.6 is 11.6 Å². The predicted molar refractivity (Wildman–Crippen MR) is 133 cm³/mol. The van der Waals surface area contributed by atoms with E-state index in [-0.39, 0.29) is 25.0 Å². The van der Waals surface area contributed by atoms with Crippen LogP contribution in [0.2, 0.25) is 5.02 Å². The second-order valence-electron chi connectivity index (χ2n) is 8.33. The van der Waals surface area contributed by atoms with Crippen LogP contribution in [-0.4, -0.2) is 34.9 Å². The zero-order valence-corrected chi connectivity index (χ0v) is 19.4. The third-order valence-corrected chi connectivity index (χ3v) is 5.95. The Balaban J connectivity index is 1.23. The highest BCUT2D eigenvalue weighted by atomic mass is 35.5. The SMILES string of the molecule is Cc1ccc2nc(CCc3cccc(NC(=O)CN4C(=O)COc5ccc(Cl)cc54)c3)[nH]c2c1. The predicted octanol–water partition coefficient (Wildman–Crippen LogP) is 4.67. The Morgan fingerprint density at radius 2 is 2.03 bits per heavy atom. The van der Waals surface area contributed by atoms with Crippen LogP contribution in [0.3, 0.4) is 0 Å². The van der Waals surface area contributed by atoms with E-state index in [1.165, 1.54) is 10.5 Å². The van der Waals surface area contributed by atoms with Crippen LogP contribution in [0.1, 0.15) is 17.0 Å². The number of ether oxygens (including phenoxy) is 1. The molecule has 2 N–H and O–H groups in total. The highest BCUT2D eigenvalue weighted by Crippen LogP contribution is 2.34. The van der Waals surface area contributed by atoms with Gasteiger partial charge in [0.1, 0.15) is 18.1 Å². The average molecular weight is 475 g/mol. The number of hydrogen-bond donors (Lipinski definition) is 2. The van der Waals surface area contributed by atoms with Crippen molar-refractivity contribution in [3.8, 4) is 5.75 Å². The molecule has 4 aromatic rings. The van der Waals surface area contributed by atoms with Gasteiger partial charge in [0.05, 0.1) is 16.7 Å². The number of H-pyrrole nitrogens is 1. The van der Waals surface area contributed by atoms with Gasteiger partial charge in [-0.3, -0.25) is 14.5 Å². The number of amides is 2. The molecule has 1 aliphatic rings. The van der Waals surface area contributed by atoms with E-state index >= 15 is 0 Å². The fraction of sp³-hybridized carbons (Fsp3) is 0.192. The highest BCUT2D eigenvalue weighted by Gasteiger charge is 2.27. The van der Waals surface area contributed by atoms with Crippen LogP contribution in [0.5, 0.6) is 5.75 Å². The van der Waals surface area contributed by atoms with Gasteiger partial charge in [0.25, 0.3) is 5.91 Å². The van der Waals surface area contributed by atoms with Gasteiger partial charge >= 0.3 is 0 Å². The average Bonchev–Trinajstić information content (AvgIpc) is 3.22. The Bertz CT molecular complexity index is 1400. The lowest BCUT2D eigenvalue weighted by molar-refractivity contribution is -0.123. The number of rotatable bonds is 6. The molecule has 1 aliphatic heterocycles. The molecule has 0 unspecified atom stereocenters. The number of aromatic nitrogens is 2. The number of benzene rings is 3. The Labute approximate surface area is 201 Å². The van der Waals surface area contributed by atoms with Crippen molar-refractivity contribution < 1.29 is 14.3 Å². The maximum atomic E-state index is 12.7. The third kappa shape index (κ3) is 4.75. The van der Waals surface area contributed by atoms with Crippen molar-refractivity contribution in [1.29, 1.82) is 0 Å². The van der Waals surface area contributed by atoms with Gasteiger partial charge in [-0.2, -0.15) is 0 Å². The van der Waals surface area contributed by atoms with E-state index in [1.54, 1.807) is 18.2 Å². The quantitative estimate of drug-likeness (QED) is 0.425. The summed E-state index contributed by atoms with van der Waals surface area (Å²) in [5.41, 5.74) is 5.44. The number of hydrogen-bond acceptors (Lipinski definition) is 4. The van der Waals surface area contributed by atoms with Crippen LogP contribution in [0.4, 0.5) is 11.4 Å². The number of fused-ring (bicyclic) bond motifs is 2. The fourth-order valence-corrected chi connectivity index (χ4v) is 4.22. The number of aromatic amines is 1. The standard InChI is InChI=1S/C26H23ClN4O3/c1-16-5-8-20-21(11-16)30-24(29-20)10-6-17-3-2-4-19(12-17)28-25(32)14-31-22-13-18(27)7-9-23(22)34-15-26(31)33/h2-5,7-9,11-13H,6,10,14-15H2,1H3,(H,28,32)(H,29,30). The number of carbonyl (C=O) groups excluding carboxylic acids is 2. The van der Waals surface area contributed by atoms with Crippen molar-refractivity contribution in [2.45, 2.75) is 19.8 Å². The van der Waals surface area contributed by atoms with Gasteiger partial charge < -0.3 is 15.0 Å². The lowest BCUT2D eigenvalue weighted by Crippen LogP contribution is -2.43. The number of nitrogens with zero attached hydrogens (tertiary/aromatic N) is 2. The first kappa shape index (κ1) is 22.0. The molecule has 0 saturated carbocycles. The van der Waals surface area contributed by atoms with Crippen LogP contribution < -0.4 is 15.0 Å². The molecule has 0 atom stereocenters. The van der Waals surface area contributed by atoms with E-state index in [9.17, 15) is 9.59 Å². The summed E-state index contributed by atoms with van der Waals surface area (Å²) >= 11 is 6.08. The van der Waals surface area contributed by atoms with E-state index < -0.39 is 0 Å². The summed E-state index contributed by atoms with van der Waals surface area (Å²) in [6.07, 6.45) is 1.53. The van der Waals surface area contributed by atoms with Gasteiger partial charge in [0, 0.05) is 17.1 Å². The van der Waals surface area contributed by atoms with E-state index in [4.69, 9.17) is 16.3 Å². The largest absolute Gasteiger partial charge is 0.482 e. The van der Waals surface area contributed by atoms with E-state index in [0.717, 1.165) is 35.3 Å². The molecule has 2 amide bonds. The molecule has 5 rings (SSSR count). The van der Waals surface area contributed by atoms with Crippen molar-refractivity contribution in [3.05, 3.63) is 82.6 Å². The van der Waals surface area contributed by atoms with Crippen molar-refractivity contribution in [2.24, 2.45) is 0 Å². The zero-order chi connectivity index (χ0) is 23.7. The Kier molecular flexibility index (Phi) is 5.94. The topological polar surface area (TPSA) is 87.3 Å². The maximum Gasteiger partial charge on any atom is 0.265 e. The second-order valence-corrected chi connectivity index (χ2v) is 8.77. The minimum absolute atomic E-state index is 0.112. The summed E-state index contributed by atoms with van der Waals surface area (Å²) in [7, 11) is 0. The number of anilines is 2. The molecule has 0 fully saturated rings. The molecule has 0 aliphatic carbocycles. The maximum absolute atomic E-state index is 12.7. The molecule has 172 valence electrons. The molecule has 3 aromatic carbocycles. The second kappa shape index (κ2) is 9.19. The van der Waals surface area contributed by atoms with Crippen LogP contribution in [0.25, 0.3) is 11.0 Å². The summed E-state index contributed by atoms with van der Waals surface area (Å²) in [4.78, 5) is 34.6. The van der Waals surface area contributed by atoms with E-state index in [0.29, 0.717) is 22.1 Å². The van der Waals surface area contributed by atoms with Crippen molar-refractivity contribution in [2.75, 3.05) is 23.4 Å². The smallest absolute Gasteiger partial charge is 0.265 e. The number of imidazole rings is 1. The van der Waals surface area contributed by atoms with Crippen molar-refractivity contribution >= 4 is 45.8 Å². The first-order chi connectivity index (χ1) is 16.4. The number of halogens is 1. The molecule has 0 saturated heterocycles. The van der Waals surface area contributed by atoms with Crippen LogP contribution in [0.15, 0.2) is 60.7 Å². The van der Waals surface area contributed by atoms with Gasteiger partial charge in [-0.15, -0.1) is 0 Å². The monoisotopic (exact) mass is 474 g/mol.